The second-order valence-corrected chi connectivity index (χ2v) is 7.14. The number of hydrogen-bond donors (Lipinski definition) is 2. The van der Waals surface area contributed by atoms with Gasteiger partial charge in [0, 0.05) is 23.2 Å². The molecule has 1 atom stereocenters. The predicted molar refractivity (Wildman–Crippen MR) is 92.2 cm³/mol. The minimum Gasteiger partial charge on any atom is -0.384 e. The van der Waals surface area contributed by atoms with Crippen LogP contribution in [-0.4, -0.2) is 27.7 Å². The van der Waals surface area contributed by atoms with Crippen molar-refractivity contribution in [3.05, 3.63) is 34.2 Å². The number of aryl methyl sites for hydroxylation is 1. The molecule has 3 N–H and O–H groups in total. The third-order valence-corrected chi connectivity index (χ3v) is 4.94. The zero-order valence-electron chi connectivity index (χ0n) is 12.7. The third kappa shape index (κ3) is 4.99. The van der Waals surface area contributed by atoms with Gasteiger partial charge in [0.1, 0.15) is 5.82 Å². The molecule has 1 amide bonds. The van der Waals surface area contributed by atoms with Crippen LogP contribution in [0.25, 0.3) is 0 Å². The maximum atomic E-state index is 12.1. The van der Waals surface area contributed by atoms with Gasteiger partial charge >= 0.3 is 0 Å². The summed E-state index contributed by atoms with van der Waals surface area (Å²) < 4.78 is 0. The van der Waals surface area contributed by atoms with E-state index in [0.29, 0.717) is 17.5 Å². The van der Waals surface area contributed by atoms with E-state index in [9.17, 15) is 4.79 Å². The van der Waals surface area contributed by atoms with E-state index in [1.54, 1.807) is 17.4 Å². The van der Waals surface area contributed by atoms with Gasteiger partial charge < -0.3 is 11.1 Å². The van der Waals surface area contributed by atoms with Crippen molar-refractivity contribution in [3.63, 3.8) is 0 Å². The number of nitrogens with zero attached hydrogens (tertiary/aromatic N) is 2. The summed E-state index contributed by atoms with van der Waals surface area (Å²) in [7, 11) is 0. The summed E-state index contributed by atoms with van der Waals surface area (Å²) in [5.74, 6) is 0.435. The Morgan fingerprint density at radius 1 is 1.50 bits per heavy atom. The molecule has 0 aliphatic heterocycles. The van der Waals surface area contributed by atoms with Crippen molar-refractivity contribution in [2.45, 2.75) is 37.1 Å². The number of nitrogens with one attached hydrogen (secondary N) is 1. The lowest BCUT2D eigenvalue weighted by atomic mass is 10.3. The fraction of sp³-hybridized carbons (Fsp3) is 0.400. The molecule has 0 saturated heterocycles. The van der Waals surface area contributed by atoms with E-state index < -0.39 is 0 Å². The number of amides is 1. The summed E-state index contributed by atoms with van der Waals surface area (Å²) in [6.07, 6.45) is 1.65. The van der Waals surface area contributed by atoms with Crippen molar-refractivity contribution in [1.82, 2.24) is 15.3 Å². The fourth-order valence-corrected chi connectivity index (χ4v) is 3.39. The molecule has 2 aromatic rings. The van der Waals surface area contributed by atoms with Gasteiger partial charge in [0.2, 0.25) is 5.91 Å². The van der Waals surface area contributed by atoms with Crippen LogP contribution in [0.5, 0.6) is 0 Å². The van der Waals surface area contributed by atoms with Crippen molar-refractivity contribution >= 4 is 34.8 Å². The smallest absolute Gasteiger partial charge is 0.233 e. The highest BCUT2D eigenvalue weighted by Gasteiger charge is 2.16. The number of anilines is 1. The van der Waals surface area contributed by atoms with E-state index in [2.05, 4.69) is 21.4 Å². The molecule has 0 saturated carbocycles. The lowest BCUT2D eigenvalue weighted by Crippen LogP contribution is -2.32. The molecule has 7 heteroatoms. The molecule has 0 radical (unpaired) electrons. The SMILES string of the molecule is CCc1cc(N)nc(SC(C)C(=O)NCCc2cccs2)n1. The number of thiophene rings is 1. The highest BCUT2D eigenvalue weighted by atomic mass is 32.2. The number of aromatic nitrogens is 2. The van der Waals surface area contributed by atoms with E-state index in [1.807, 2.05) is 25.3 Å². The van der Waals surface area contributed by atoms with Gasteiger partial charge in [-0.1, -0.05) is 24.8 Å². The molecule has 0 aliphatic rings. The molecule has 5 nitrogen and oxygen atoms in total. The van der Waals surface area contributed by atoms with Crippen LogP contribution in [0.3, 0.4) is 0 Å². The second kappa shape index (κ2) is 8.14. The largest absolute Gasteiger partial charge is 0.384 e. The summed E-state index contributed by atoms with van der Waals surface area (Å²) in [6, 6.07) is 5.85. The molecule has 0 spiro atoms. The quantitative estimate of drug-likeness (QED) is 0.600. The van der Waals surface area contributed by atoms with Crippen molar-refractivity contribution in [3.8, 4) is 0 Å². The van der Waals surface area contributed by atoms with Gasteiger partial charge in [0.25, 0.3) is 0 Å². The Morgan fingerprint density at radius 3 is 3.00 bits per heavy atom. The first-order valence-electron chi connectivity index (χ1n) is 7.18. The van der Waals surface area contributed by atoms with Gasteiger partial charge in [-0.2, -0.15) is 0 Å². The number of hydrogen-bond acceptors (Lipinski definition) is 6. The first-order valence-corrected chi connectivity index (χ1v) is 8.94. The number of nitrogen functional groups attached to an aromatic ring is 1. The Morgan fingerprint density at radius 2 is 2.32 bits per heavy atom. The van der Waals surface area contributed by atoms with Crippen LogP contribution in [0.4, 0.5) is 5.82 Å². The molecule has 0 fully saturated rings. The second-order valence-electron chi connectivity index (χ2n) is 4.80. The van der Waals surface area contributed by atoms with E-state index in [4.69, 9.17) is 5.73 Å². The van der Waals surface area contributed by atoms with Crippen molar-refractivity contribution in [2.24, 2.45) is 0 Å². The van der Waals surface area contributed by atoms with Crippen LogP contribution < -0.4 is 11.1 Å². The maximum absolute atomic E-state index is 12.1. The molecule has 118 valence electrons. The molecule has 2 heterocycles. The molecule has 0 bridgehead atoms. The Kier molecular flexibility index (Phi) is 6.21. The first-order chi connectivity index (χ1) is 10.6. The molecular weight excluding hydrogens is 316 g/mol. The summed E-state index contributed by atoms with van der Waals surface area (Å²) in [5, 5.41) is 5.28. The van der Waals surface area contributed by atoms with Crippen LogP contribution in [0.15, 0.2) is 28.7 Å². The molecular formula is C15H20N4OS2. The van der Waals surface area contributed by atoms with Crippen molar-refractivity contribution in [2.75, 3.05) is 12.3 Å². The van der Waals surface area contributed by atoms with Crippen LogP contribution in [-0.2, 0) is 17.6 Å². The van der Waals surface area contributed by atoms with Crippen LogP contribution in [0, 0.1) is 0 Å². The lowest BCUT2D eigenvalue weighted by Gasteiger charge is -2.11. The highest BCUT2D eigenvalue weighted by Crippen LogP contribution is 2.21. The van der Waals surface area contributed by atoms with Gasteiger partial charge in [-0.3, -0.25) is 4.79 Å². The van der Waals surface area contributed by atoms with Gasteiger partial charge in [0.15, 0.2) is 5.16 Å². The third-order valence-electron chi connectivity index (χ3n) is 3.04. The van der Waals surface area contributed by atoms with Gasteiger partial charge in [-0.15, -0.1) is 11.3 Å². The normalized spacial score (nSPS) is 12.1. The van der Waals surface area contributed by atoms with Gasteiger partial charge in [-0.25, -0.2) is 9.97 Å². The summed E-state index contributed by atoms with van der Waals surface area (Å²) in [4.78, 5) is 21.9. The Balaban J connectivity index is 1.84. The highest BCUT2D eigenvalue weighted by molar-refractivity contribution is 8.00. The van der Waals surface area contributed by atoms with E-state index >= 15 is 0 Å². The topological polar surface area (TPSA) is 80.9 Å². The molecule has 22 heavy (non-hydrogen) atoms. The number of carbonyl (C=O) groups is 1. The minimum atomic E-state index is -0.255. The number of rotatable bonds is 7. The number of carbonyl (C=O) groups excluding carboxylic acids is 1. The lowest BCUT2D eigenvalue weighted by molar-refractivity contribution is -0.120. The minimum absolute atomic E-state index is 0.00868. The van der Waals surface area contributed by atoms with E-state index in [0.717, 1.165) is 18.5 Å². The molecule has 0 aliphatic carbocycles. The molecule has 2 rings (SSSR count). The van der Waals surface area contributed by atoms with Crippen LogP contribution in [0.1, 0.15) is 24.4 Å². The van der Waals surface area contributed by atoms with Crippen molar-refractivity contribution in [1.29, 1.82) is 0 Å². The Labute approximate surface area is 138 Å². The standard InChI is InChI=1S/C15H20N4OS2/c1-3-11-9-13(16)19-15(18-11)22-10(2)14(20)17-7-6-12-5-4-8-21-12/h4-5,8-10H,3,6-7H2,1-2H3,(H,17,20)(H2,16,18,19). The Bertz CT molecular complexity index is 616. The summed E-state index contributed by atoms with van der Waals surface area (Å²) >= 11 is 3.03. The average Bonchev–Trinajstić information content (AvgIpc) is 2.99. The van der Waals surface area contributed by atoms with Gasteiger partial charge in [-0.05, 0) is 31.2 Å². The Hall–Kier alpha value is -1.60. The summed E-state index contributed by atoms with van der Waals surface area (Å²) in [5.41, 5.74) is 6.65. The monoisotopic (exact) mass is 336 g/mol. The van der Waals surface area contributed by atoms with Gasteiger partial charge in [0.05, 0.1) is 5.25 Å². The zero-order chi connectivity index (χ0) is 15.9. The summed E-state index contributed by atoms with van der Waals surface area (Å²) in [6.45, 7) is 4.50. The number of nitrogens with two attached hydrogens (primary N) is 1. The zero-order valence-corrected chi connectivity index (χ0v) is 14.3. The van der Waals surface area contributed by atoms with Crippen molar-refractivity contribution < 1.29 is 4.79 Å². The average molecular weight is 336 g/mol. The fourth-order valence-electron chi connectivity index (χ4n) is 1.85. The first kappa shape index (κ1) is 16.8. The maximum Gasteiger partial charge on any atom is 0.233 e. The van der Waals surface area contributed by atoms with Crippen LogP contribution >= 0.6 is 23.1 Å². The molecule has 0 aromatic carbocycles. The molecule has 2 aromatic heterocycles. The van der Waals surface area contributed by atoms with Crippen LogP contribution in [0.2, 0.25) is 0 Å². The molecule has 1 unspecified atom stereocenters. The predicted octanol–water partition coefficient (Wildman–Crippen LogP) is 2.52. The van der Waals surface area contributed by atoms with E-state index in [-0.39, 0.29) is 11.2 Å². The number of thioether (sulfide) groups is 1. The van der Waals surface area contributed by atoms with E-state index in [1.165, 1.54) is 16.6 Å².